The number of rotatable bonds is 8. The lowest BCUT2D eigenvalue weighted by Gasteiger charge is -2.18. The van der Waals surface area contributed by atoms with Crippen molar-refractivity contribution in [2.24, 2.45) is 0 Å². The summed E-state index contributed by atoms with van der Waals surface area (Å²) in [5, 5.41) is 10.2. The van der Waals surface area contributed by atoms with Crippen molar-refractivity contribution < 1.29 is 9.90 Å². The Hall–Kier alpha value is -2.92. The van der Waals surface area contributed by atoms with Crippen LogP contribution in [0.4, 0.5) is 5.95 Å². The van der Waals surface area contributed by atoms with Crippen molar-refractivity contribution in [2.45, 2.75) is 19.3 Å². The summed E-state index contributed by atoms with van der Waals surface area (Å²) in [5.41, 5.74) is 2.85. The first-order valence-electron chi connectivity index (χ1n) is 9.12. The topological polar surface area (TPSA) is 66.3 Å². The first-order valence-corrected chi connectivity index (χ1v) is 9.50. The Morgan fingerprint density at radius 3 is 2.46 bits per heavy atom. The Morgan fingerprint density at radius 2 is 1.75 bits per heavy atom. The molecule has 0 spiro atoms. The van der Waals surface area contributed by atoms with E-state index in [1.165, 1.54) is 11.8 Å². The molecule has 0 radical (unpaired) electrons. The molecule has 0 amide bonds. The number of carboxylic acid groups (broad SMARTS) is 1. The molecule has 0 aliphatic heterocycles. The van der Waals surface area contributed by atoms with Crippen LogP contribution in [-0.2, 0) is 19.3 Å². The van der Waals surface area contributed by atoms with E-state index in [-0.39, 0.29) is 5.56 Å². The van der Waals surface area contributed by atoms with Gasteiger partial charge in [0.25, 0.3) is 0 Å². The first-order chi connectivity index (χ1) is 13.5. The fourth-order valence-corrected chi connectivity index (χ4v) is 3.19. The summed E-state index contributed by atoms with van der Waals surface area (Å²) in [7, 11) is 1.91. The van der Waals surface area contributed by atoms with E-state index < -0.39 is 5.97 Å². The van der Waals surface area contributed by atoms with Crippen LogP contribution < -0.4 is 4.90 Å². The summed E-state index contributed by atoms with van der Waals surface area (Å²) in [6.07, 6.45) is 3.35. The number of likely N-dealkylation sites (N-methyl/N-ethyl adjacent to an activating group) is 1. The van der Waals surface area contributed by atoms with Gasteiger partial charge >= 0.3 is 5.97 Å². The average molecular weight is 396 g/mol. The minimum atomic E-state index is -1.02. The molecule has 0 saturated heterocycles. The number of hydrogen-bond acceptors (Lipinski definition) is 4. The number of carboxylic acids is 1. The van der Waals surface area contributed by atoms with Gasteiger partial charge in [-0.2, -0.15) is 0 Å². The quantitative estimate of drug-likeness (QED) is 0.616. The van der Waals surface area contributed by atoms with Gasteiger partial charge in [0.1, 0.15) is 0 Å². The Kier molecular flexibility index (Phi) is 6.61. The number of carbonyl (C=O) groups is 1. The molecule has 28 heavy (non-hydrogen) atoms. The third-order valence-corrected chi connectivity index (χ3v) is 4.96. The summed E-state index contributed by atoms with van der Waals surface area (Å²) in [4.78, 5) is 22.3. The predicted octanol–water partition coefficient (Wildman–Crippen LogP) is 4.29. The maximum atomic E-state index is 11.6. The van der Waals surface area contributed by atoms with Gasteiger partial charge in [-0.25, -0.2) is 14.8 Å². The highest BCUT2D eigenvalue weighted by molar-refractivity contribution is 6.31. The number of nitrogens with zero attached hydrogens (tertiary/aromatic N) is 3. The maximum absolute atomic E-state index is 11.6. The van der Waals surface area contributed by atoms with Gasteiger partial charge in [-0.1, -0.05) is 60.1 Å². The highest BCUT2D eigenvalue weighted by atomic mass is 35.5. The Balaban J connectivity index is 1.74. The highest BCUT2D eigenvalue weighted by Crippen LogP contribution is 2.19. The van der Waals surface area contributed by atoms with Gasteiger partial charge in [0.15, 0.2) is 0 Å². The molecule has 1 heterocycles. The molecule has 0 saturated carbocycles. The van der Waals surface area contributed by atoms with Crippen molar-refractivity contribution in [1.82, 2.24) is 9.97 Å². The van der Waals surface area contributed by atoms with E-state index in [9.17, 15) is 9.90 Å². The fourth-order valence-electron chi connectivity index (χ4n) is 2.96. The second-order valence-corrected chi connectivity index (χ2v) is 6.99. The van der Waals surface area contributed by atoms with E-state index in [0.29, 0.717) is 29.5 Å². The van der Waals surface area contributed by atoms with Crippen LogP contribution >= 0.6 is 11.6 Å². The number of aryl methyl sites for hydroxylation is 2. The molecule has 2 aromatic carbocycles. The Labute approximate surface area is 169 Å². The molecule has 3 rings (SSSR count). The molecule has 6 heteroatoms. The number of halogens is 1. The summed E-state index contributed by atoms with van der Waals surface area (Å²) in [6.45, 7) is 0.736. The SMILES string of the molecule is CN(CCc1ccccc1)c1ncc(C(=O)O)c(CCc2ccccc2Cl)n1. The minimum absolute atomic E-state index is 0.132. The van der Waals surface area contributed by atoms with E-state index >= 15 is 0 Å². The van der Waals surface area contributed by atoms with Crippen molar-refractivity contribution in [3.63, 3.8) is 0 Å². The van der Waals surface area contributed by atoms with Crippen LogP contribution in [0.15, 0.2) is 60.8 Å². The molecule has 0 bridgehead atoms. The molecule has 0 fully saturated rings. The van der Waals surface area contributed by atoms with Crippen LogP contribution in [0.5, 0.6) is 0 Å². The normalized spacial score (nSPS) is 10.6. The number of hydrogen-bond donors (Lipinski definition) is 1. The van der Waals surface area contributed by atoms with Crippen LogP contribution in [-0.4, -0.2) is 34.6 Å². The number of aromatic carboxylic acids is 1. The van der Waals surface area contributed by atoms with Gasteiger partial charge in [0, 0.05) is 24.8 Å². The molecule has 1 N–H and O–H groups in total. The van der Waals surface area contributed by atoms with Crippen LogP contribution in [0, 0.1) is 0 Å². The molecule has 5 nitrogen and oxygen atoms in total. The Bertz CT molecular complexity index is 948. The molecule has 1 aromatic heterocycles. The maximum Gasteiger partial charge on any atom is 0.339 e. The molecule has 3 aromatic rings. The highest BCUT2D eigenvalue weighted by Gasteiger charge is 2.16. The van der Waals surface area contributed by atoms with Gasteiger partial charge in [0.2, 0.25) is 5.95 Å². The zero-order valence-corrected chi connectivity index (χ0v) is 16.4. The molecule has 0 unspecified atom stereocenters. The van der Waals surface area contributed by atoms with E-state index in [1.807, 2.05) is 54.4 Å². The standard InChI is InChI=1S/C22H22ClN3O2/c1-26(14-13-16-7-3-2-4-8-16)22-24-15-18(21(27)28)20(25-22)12-11-17-9-5-6-10-19(17)23/h2-10,15H,11-14H2,1H3,(H,27,28). The van der Waals surface area contributed by atoms with Crippen molar-refractivity contribution >= 4 is 23.5 Å². The summed E-state index contributed by atoms with van der Waals surface area (Å²) >= 11 is 6.22. The monoisotopic (exact) mass is 395 g/mol. The number of benzene rings is 2. The van der Waals surface area contributed by atoms with Gasteiger partial charge in [0.05, 0.1) is 11.3 Å². The second kappa shape index (κ2) is 9.33. The number of aromatic nitrogens is 2. The van der Waals surface area contributed by atoms with Crippen molar-refractivity contribution in [3.05, 3.63) is 88.2 Å². The van der Waals surface area contributed by atoms with Gasteiger partial charge in [-0.05, 0) is 36.5 Å². The minimum Gasteiger partial charge on any atom is -0.478 e. The van der Waals surface area contributed by atoms with Crippen LogP contribution in [0.25, 0.3) is 0 Å². The molecular weight excluding hydrogens is 374 g/mol. The van der Waals surface area contributed by atoms with Crippen LogP contribution in [0.1, 0.15) is 27.2 Å². The van der Waals surface area contributed by atoms with E-state index in [4.69, 9.17) is 11.6 Å². The molecule has 144 valence electrons. The summed E-state index contributed by atoms with van der Waals surface area (Å²) in [6, 6.07) is 17.7. The van der Waals surface area contributed by atoms with Crippen molar-refractivity contribution in [1.29, 1.82) is 0 Å². The third kappa shape index (κ3) is 5.08. The fraction of sp³-hybridized carbons (Fsp3) is 0.227. The molecule has 0 aliphatic rings. The molecular formula is C22H22ClN3O2. The van der Waals surface area contributed by atoms with E-state index in [2.05, 4.69) is 22.1 Å². The van der Waals surface area contributed by atoms with Crippen LogP contribution in [0.3, 0.4) is 0 Å². The lowest BCUT2D eigenvalue weighted by atomic mass is 10.1. The van der Waals surface area contributed by atoms with Gasteiger partial charge < -0.3 is 10.0 Å². The predicted molar refractivity (Wildman–Crippen MR) is 111 cm³/mol. The summed E-state index contributed by atoms with van der Waals surface area (Å²) in [5.74, 6) is -0.497. The van der Waals surface area contributed by atoms with E-state index in [0.717, 1.165) is 18.5 Å². The second-order valence-electron chi connectivity index (χ2n) is 6.58. The molecule has 0 atom stereocenters. The first kappa shape index (κ1) is 19.8. The largest absolute Gasteiger partial charge is 0.478 e. The van der Waals surface area contributed by atoms with Crippen molar-refractivity contribution in [2.75, 3.05) is 18.5 Å². The number of anilines is 1. The average Bonchev–Trinajstić information content (AvgIpc) is 2.72. The van der Waals surface area contributed by atoms with Gasteiger partial charge in [-0.15, -0.1) is 0 Å². The van der Waals surface area contributed by atoms with Crippen LogP contribution in [0.2, 0.25) is 5.02 Å². The zero-order chi connectivity index (χ0) is 19.9. The lowest BCUT2D eigenvalue weighted by Crippen LogP contribution is -2.24. The zero-order valence-electron chi connectivity index (χ0n) is 15.7. The summed E-state index contributed by atoms with van der Waals surface area (Å²) < 4.78 is 0. The van der Waals surface area contributed by atoms with Gasteiger partial charge in [-0.3, -0.25) is 0 Å². The smallest absolute Gasteiger partial charge is 0.339 e. The Morgan fingerprint density at radius 1 is 1.04 bits per heavy atom. The van der Waals surface area contributed by atoms with E-state index in [1.54, 1.807) is 0 Å². The van der Waals surface area contributed by atoms with Crippen molar-refractivity contribution in [3.8, 4) is 0 Å². The third-order valence-electron chi connectivity index (χ3n) is 4.59. The lowest BCUT2D eigenvalue weighted by molar-refractivity contribution is 0.0694. The molecule has 0 aliphatic carbocycles.